The Hall–Kier alpha value is -3.15. The first-order valence-corrected chi connectivity index (χ1v) is 9.23. The smallest absolute Gasteiger partial charge is 0.264 e. The second-order valence-corrected chi connectivity index (χ2v) is 7.18. The van der Waals surface area contributed by atoms with Crippen LogP contribution in [0.3, 0.4) is 0 Å². The number of nitrogens with zero attached hydrogens (tertiary/aromatic N) is 3. The average Bonchev–Trinajstić information content (AvgIpc) is 2.64. The third kappa shape index (κ3) is 3.91. The Labute approximate surface area is 155 Å². The van der Waals surface area contributed by atoms with Gasteiger partial charge < -0.3 is 5.32 Å². The van der Waals surface area contributed by atoms with Gasteiger partial charge in [0.05, 0.1) is 16.3 Å². The Morgan fingerprint density at radius 2 is 1.58 bits per heavy atom. The second-order valence-electron chi connectivity index (χ2n) is 5.12. The molecule has 9 heteroatoms. The van der Waals surface area contributed by atoms with Crippen LogP contribution in [0.2, 0.25) is 5.02 Å². The molecule has 3 rings (SSSR count). The number of aromatic nitrogens is 2. The van der Waals surface area contributed by atoms with Gasteiger partial charge in [-0.05, 0) is 36.4 Å². The van der Waals surface area contributed by atoms with E-state index in [1.54, 1.807) is 42.5 Å². The number of sulfonamides is 1. The molecule has 2 aromatic carbocycles. The molecule has 0 aliphatic rings. The van der Waals surface area contributed by atoms with Crippen LogP contribution in [0.4, 0.5) is 17.3 Å². The van der Waals surface area contributed by atoms with Crippen molar-refractivity contribution in [3.8, 4) is 6.07 Å². The van der Waals surface area contributed by atoms with Crippen molar-refractivity contribution in [2.24, 2.45) is 0 Å². The summed E-state index contributed by atoms with van der Waals surface area (Å²) in [5.74, 6) is 0.414. The van der Waals surface area contributed by atoms with Crippen molar-refractivity contribution in [1.29, 1.82) is 5.26 Å². The molecular weight excluding hydrogens is 374 g/mol. The maximum atomic E-state index is 12.4. The fourth-order valence-electron chi connectivity index (χ4n) is 2.14. The van der Waals surface area contributed by atoms with Crippen molar-refractivity contribution >= 4 is 38.9 Å². The number of para-hydroxylation sites is 1. The van der Waals surface area contributed by atoms with Gasteiger partial charge in [-0.25, -0.2) is 8.42 Å². The van der Waals surface area contributed by atoms with E-state index in [2.05, 4.69) is 26.3 Å². The minimum absolute atomic E-state index is 0.0454. The molecule has 2 N–H and O–H groups in total. The van der Waals surface area contributed by atoms with E-state index in [1.165, 1.54) is 18.2 Å². The molecule has 0 bridgehead atoms. The molecule has 0 aliphatic carbocycles. The van der Waals surface area contributed by atoms with Crippen LogP contribution in [0.15, 0.2) is 65.6 Å². The van der Waals surface area contributed by atoms with Crippen LogP contribution in [-0.2, 0) is 10.0 Å². The molecule has 0 unspecified atom stereocenters. The fourth-order valence-corrected chi connectivity index (χ4v) is 3.65. The van der Waals surface area contributed by atoms with Crippen LogP contribution in [0.5, 0.6) is 0 Å². The van der Waals surface area contributed by atoms with Crippen LogP contribution in [0.1, 0.15) is 5.56 Å². The highest BCUT2D eigenvalue weighted by atomic mass is 35.5. The van der Waals surface area contributed by atoms with Crippen LogP contribution in [0.25, 0.3) is 0 Å². The van der Waals surface area contributed by atoms with E-state index in [0.717, 1.165) is 0 Å². The van der Waals surface area contributed by atoms with Gasteiger partial charge in [0.1, 0.15) is 11.0 Å². The normalized spacial score (nSPS) is 10.8. The Bertz CT molecular complexity index is 1080. The topological polar surface area (TPSA) is 108 Å². The lowest BCUT2D eigenvalue weighted by Crippen LogP contribution is -2.14. The maximum absolute atomic E-state index is 12.4. The third-order valence-corrected chi connectivity index (χ3v) is 5.19. The van der Waals surface area contributed by atoms with Gasteiger partial charge >= 0.3 is 0 Å². The molecule has 3 aromatic rings. The Kier molecular flexibility index (Phi) is 5.02. The summed E-state index contributed by atoms with van der Waals surface area (Å²) in [7, 11) is -3.87. The van der Waals surface area contributed by atoms with E-state index in [4.69, 9.17) is 16.9 Å². The van der Waals surface area contributed by atoms with Crippen LogP contribution in [0, 0.1) is 11.3 Å². The van der Waals surface area contributed by atoms with E-state index < -0.39 is 10.0 Å². The first-order chi connectivity index (χ1) is 12.5. The van der Waals surface area contributed by atoms with Gasteiger partial charge in [0.2, 0.25) is 0 Å². The average molecular weight is 386 g/mol. The van der Waals surface area contributed by atoms with Crippen molar-refractivity contribution in [2.45, 2.75) is 4.90 Å². The molecule has 130 valence electrons. The molecule has 7 nitrogen and oxygen atoms in total. The number of nitrogens with one attached hydrogen (secondary N) is 2. The molecule has 0 aliphatic heterocycles. The quantitative estimate of drug-likeness (QED) is 0.695. The number of nitriles is 1. The maximum Gasteiger partial charge on any atom is 0.264 e. The van der Waals surface area contributed by atoms with E-state index in [1.807, 2.05) is 0 Å². The highest BCUT2D eigenvalue weighted by Gasteiger charge is 2.18. The summed E-state index contributed by atoms with van der Waals surface area (Å²) in [5.41, 5.74) is 1.03. The highest BCUT2D eigenvalue weighted by Crippen LogP contribution is 2.23. The van der Waals surface area contributed by atoms with E-state index >= 15 is 0 Å². The van der Waals surface area contributed by atoms with E-state index in [-0.39, 0.29) is 15.7 Å². The zero-order valence-corrected chi connectivity index (χ0v) is 14.8. The first-order valence-electron chi connectivity index (χ1n) is 7.37. The number of rotatable bonds is 5. The molecular formula is C17H12ClN5O2S. The van der Waals surface area contributed by atoms with Crippen molar-refractivity contribution in [2.75, 3.05) is 10.0 Å². The first kappa shape index (κ1) is 17.7. The van der Waals surface area contributed by atoms with E-state index in [0.29, 0.717) is 17.1 Å². The number of benzene rings is 2. The third-order valence-electron chi connectivity index (χ3n) is 3.34. The summed E-state index contributed by atoms with van der Waals surface area (Å²) in [5, 5.41) is 19.9. The van der Waals surface area contributed by atoms with Crippen molar-refractivity contribution < 1.29 is 8.42 Å². The Morgan fingerprint density at radius 3 is 2.27 bits per heavy atom. The summed E-state index contributed by atoms with van der Waals surface area (Å²) < 4.78 is 27.1. The number of hydrogen-bond donors (Lipinski definition) is 2. The number of anilines is 3. The lowest BCUT2D eigenvalue weighted by molar-refractivity contribution is 0.601. The summed E-state index contributed by atoms with van der Waals surface area (Å²) in [6.07, 6.45) is 0. The molecule has 0 saturated carbocycles. The predicted molar refractivity (Wildman–Crippen MR) is 98.7 cm³/mol. The molecule has 0 amide bonds. The van der Waals surface area contributed by atoms with E-state index in [9.17, 15) is 8.42 Å². The molecule has 0 fully saturated rings. The number of halogens is 1. The summed E-state index contributed by atoms with van der Waals surface area (Å²) >= 11 is 5.93. The van der Waals surface area contributed by atoms with Gasteiger partial charge in [0, 0.05) is 0 Å². The fraction of sp³-hybridized carbons (Fsp3) is 0. The molecule has 1 heterocycles. The SMILES string of the molecule is N#Cc1ccccc1Nc1ccc(NS(=O)(=O)c2ccccc2Cl)nn1. The molecule has 0 saturated heterocycles. The van der Waals surface area contributed by atoms with Crippen molar-refractivity contribution in [1.82, 2.24) is 10.2 Å². The predicted octanol–water partition coefficient (Wildman–Crippen LogP) is 3.55. The largest absolute Gasteiger partial charge is 0.338 e. The molecule has 1 aromatic heterocycles. The van der Waals surface area contributed by atoms with Gasteiger partial charge in [0.15, 0.2) is 11.6 Å². The zero-order valence-electron chi connectivity index (χ0n) is 13.2. The van der Waals surface area contributed by atoms with Crippen LogP contribution < -0.4 is 10.0 Å². The lowest BCUT2D eigenvalue weighted by Gasteiger charge is -2.09. The highest BCUT2D eigenvalue weighted by molar-refractivity contribution is 7.92. The summed E-state index contributed by atoms with van der Waals surface area (Å²) in [6.45, 7) is 0. The standard InChI is InChI=1S/C17H12ClN5O2S/c18-13-6-2-4-8-15(13)26(24,25)23-17-10-9-16(21-22-17)20-14-7-3-1-5-12(14)11-19/h1-10H,(H,20,21)(H,22,23). The minimum Gasteiger partial charge on any atom is -0.338 e. The minimum atomic E-state index is -3.87. The van der Waals surface area contributed by atoms with Gasteiger partial charge in [-0.2, -0.15) is 5.26 Å². The van der Waals surface area contributed by atoms with Gasteiger partial charge in [0.25, 0.3) is 10.0 Å². The van der Waals surface area contributed by atoms with Crippen molar-refractivity contribution in [3.63, 3.8) is 0 Å². The monoisotopic (exact) mass is 385 g/mol. The van der Waals surface area contributed by atoms with Gasteiger partial charge in [-0.1, -0.05) is 35.9 Å². The summed E-state index contributed by atoms with van der Waals surface area (Å²) in [6, 6.07) is 18.1. The summed E-state index contributed by atoms with van der Waals surface area (Å²) in [4.78, 5) is -0.0476. The van der Waals surface area contributed by atoms with Gasteiger partial charge in [-0.3, -0.25) is 4.72 Å². The van der Waals surface area contributed by atoms with Crippen molar-refractivity contribution in [3.05, 3.63) is 71.2 Å². The second kappa shape index (κ2) is 7.39. The van der Waals surface area contributed by atoms with Gasteiger partial charge in [-0.15, -0.1) is 10.2 Å². The molecule has 0 radical (unpaired) electrons. The Morgan fingerprint density at radius 1 is 0.923 bits per heavy atom. The Balaban J connectivity index is 1.78. The number of hydrogen-bond acceptors (Lipinski definition) is 6. The zero-order chi connectivity index (χ0) is 18.6. The molecule has 0 atom stereocenters. The van der Waals surface area contributed by atoms with Crippen LogP contribution in [-0.4, -0.2) is 18.6 Å². The van der Waals surface area contributed by atoms with Crippen LogP contribution >= 0.6 is 11.6 Å². The lowest BCUT2D eigenvalue weighted by atomic mass is 10.2. The molecule has 26 heavy (non-hydrogen) atoms. The molecule has 0 spiro atoms.